The van der Waals surface area contributed by atoms with Crippen molar-refractivity contribution in [2.75, 3.05) is 5.32 Å². The van der Waals surface area contributed by atoms with Crippen LogP contribution in [0, 0.1) is 0 Å². The number of carbonyl (C=O) groups is 2. The summed E-state index contributed by atoms with van der Waals surface area (Å²) in [5.74, 6) is -0.505. The Balaban J connectivity index is 1.91. The van der Waals surface area contributed by atoms with Gasteiger partial charge in [-0.1, -0.05) is 41.9 Å². The van der Waals surface area contributed by atoms with Crippen LogP contribution in [-0.4, -0.2) is 23.1 Å². The summed E-state index contributed by atoms with van der Waals surface area (Å²) >= 11 is 6.61. The average molecular weight is 359 g/mol. The fourth-order valence-corrected chi connectivity index (χ4v) is 3.48. The van der Waals surface area contributed by atoms with Crippen molar-refractivity contribution >= 4 is 29.1 Å². The molecule has 1 fully saturated rings. The number of hydrogen-bond donors (Lipinski definition) is 3. The van der Waals surface area contributed by atoms with Gasteiger partial charge in [0.2, 0.25) is 11.8 Å². The monoisotopic (exact) mass is 358 g/mol. The highest BCUT2D eigenvalue weighted by Crippen LogP contribution is 2.38. The first-order valence-corrected chi connectivity index (χ1v) is 8.47. The van der Waals surface area contributed by atoms with E-state index in [1.807, 2.05) is 42.5 Å². The van der Waals surface area contributed by atoms with Gasteiger partial charge in [-0.2, -0.15) is 0 Å². The Kier molecular flexibility index (Phi) is 5.06. The molecule has 5 nitrogen and oxygen atoms in total. The number of aliphatic hydroxyl groups is 1. The number of aliphatic hydroxyl groups excluding tert-OH is 1. The van der Waals surface area contributed by atoms with Gasteiger partial charge >= 0.3 is 0 Å². The number of benzene rings is 2. The maximum atomic E-state index is 11.4. The highest BCUT2D eigenvalue weighted by molar-refractivity contribution is 6.34. The zero-order valence-electron chi connectivity index (χ0n) is 13.8. The summed E-state index contributed by atoms with van der Waals surface area (Å²) < 4.78 is 0. The summed E-state index contributed by atoms with van der Waals surface area (Å²) in [7, 11) is 0. The third-order valence-corrected chi connectivity index (χ3v) is 4.74. The molecular weight excluding hydrogens is 340 g/mol. The van der Waals surface area contributed by atoms with Crippen molar-refractivity contribution in [3.63, 3.8) is 0 Å². The van der Waals surface area contributed by atoms with E-state index in [1.54, 1.807) is 0 Å². The quantitative estimate of drug-likeness (QED) is 0.787. The molecule has 1 saturated heterocycles. The van der Waals surface area contributed by atoms with Crippen LogP contribution in [0.4, 0.5) is 5.69 Å². The van der Waals surface area contributed by atoms with Gasteiger partial charge in [-0.15, -0.1) is 0 Å². The molecule has 1 heterocycles. The van der Waals surface area contributed by atoms with E-state index in [-0.39, 0.29) is 17.7 Å². The Labute approximate surface area is 151 Å². The van der Waals surface area contributed by atoms with Crippen LogP contribution in [0.25, 0.3) is 11.1 Å². The lowest BCUT2D eigenvalue weighted by Gasteiger charge is -2.29. The average Bonchev–Trinajstić information content (AvgIpc) is 2.56. The molecule has 0 saturated carbocycles. The highest BCUT2D eigenvalue weighted by atomic mass is 35.5. The smallest absolute Gasteiger partial charge is 0.222 e. The van der Waals surface area contributed by atoms with E-state index in [2.05, 4.69) is 10.6 Å². The van der Waals surface area contributed by atoms with Crippen molar-refractivity contribution in [2.24, 2.45) is 0 Å². The minimum Gasteiger partial charge on any atom is -0.373 e. The van der Waals surface area contributed by atoms with E-state index < -0.39 is 6.23 Å². The van der Waals surface area contributed by atoms with Gasteiger partial charge in [0, 0.05) is 30.5 Å². The Morgan fingerprint density at radius 2 is 1.96 bits per heavy atom. The fourth-order valence-electron chi connectivity index (χ4n) is 3.10. The first kappa shape index (κ1) is 17.5. The molecule has 2 amide bonds. The topological polar surface area (TPSA) is 78.4 Å². The Hall–Kier alpha value is -2.37. The molecule has 1 aliphatic rings. The second kappa shape index (κ2) is 7.25. The summed E-state index contributed by atoms with van der Waals surface area (Å²) in [6.07, 6.45) is -0.0122. The number of piperidine rings is 1. The standard InChI is InChI=1S/C19H19ClN2O3/c1-11(23)21-13-7-5-12(6-8-13)14-3-2-4-15(18(14)20)16-9-10-17(24)22-19(16)25/h2-8,16,19,25H,9-10H2,1H3,(H,21,23)(H,22,24). The summed E-state index contributed by atoms with van der Waals surface area (Å²) in [4.78, 5) is 22.5. The van der Waals surface area contributed by atoms with Gasteiger partial charge in [0.05, 0.1) is 5.02 Å². The van der Waals surface area contributed by atoms with Gasteiger partial charge in [-0.3, -0.25) is 9.59 Å². The summed E-state index contributed by atoms with van der Waals surface area (Å²) in [5.41, 5.74) is 3.29. The number of hydrogen-bond acceptors (Lipinski definition) is 3. The molecule has 2 unspecified atom stereocenters. The summed E-state index contributed by atoms with van der Waals surface area (Å²) in [6, 6.07) is 13.1. The van der Waals surface area contributed by atoms with E-state index in [9.17, 15) is 14.7 Å². The fraction of sp³-hybridized carbons (Fsp3) is 0.263. The van der Waals surface area contributed by atoms with Crippen molar-refractivity contribution in [1.82, 2.24) is 5.32 Å². The Morgan fingerprint density at radius 3 is 2.60 bits per heavy atom. The summed E-state index contributed by atoms with van der Waals surface area (Å²) in [6.45, 7) is 1.46. The van der Waals surface area contributed by atoms with Crippen LogP contribution in [0.5, 0.6) is 0 Å². The third-order valence-electron chi connectivity index (χ3n) is 4.32. The van der Waals surface area contributed by atoms with Crippen LogP contribution in [0.2, 0.25) is 5.02 Å². The SMILES string of the molecule is CC(=O)Nc1ccc(-c2cccc(C3CCC(=O)NC3O)c2Cl)cc1. The van der Waals surface area contributed by atoms with Gasteiger partial charge in [-0.25, -0.2) is 0 Å². The van der Waals surface area contributed by atoms with Gasteiger partial charge in [-0.05, 0) is 29.7 Å². The molecule has 2 aromatic carbocycles. The molecule has 6 heteroatoms. The molecule has 0 spiro atoms. The molecule has 0 radical (unpaired) electrons. The summed E-state index contributed by atoms with van der Waals surface area (Å²) in [5, 5.41) is 16.0. The lowest BCUT2D eigenvalue weighted by molar-refractivity contribution is -0.127. The highest BCUT2D eigenvalue weighted by Gasteiger charge is 2.30. The van der Waals surface area contributed by atoms with Crippen molar-refractivity contribution in [2.45, 2.75) is 31.9 Å². The van der Waals surface area contributed by atoms with E-state index in [1.165, 1.54) is 6.92 Å². The first-order valence-electron chi connectivity index (χ1n) is 8.09. The van der Waals surface area contributed by atoms with Crippen LogP contribution in [0.1, 0.15) is 31.2 Å². The molecule has 3 rings (SSSR count). The second-order valence-electron chi connectivity index (χ2n) is 6.12. The van der Waals surface area contributed by atoms with Crippen molar-refractivity contribution in [1.29, 1.82) is 0 Å². The van der Waals surface area contributed by atoms with Gasteiger partial charge in [0.15, 0.2) is 0 Å². The first-order chi connectivity index (χ1) is 12.0. The molecule has 2 aromatic rings. The number of rotatable bonds is 3. The molecular formula is C19H19ClN2O3. The van der Waals surface area contributed by atoms with Crippen LogP contribution in [0.3, 0.4) is 0 Å². The predicted octanol–water partition coefficient (Wildman–Crippen LogP) is 3.28. The van der Waals surface area contributed by atoms with Crippen LogP contribution < -0.4 is 10.6 Å². The van der Waals surface area contributed by atoms with Crippen LogP contribution >= 0.6 is 11.6 Å². The molecule has 2 atom stereocenters. The zero-order chi connectivity index (χ0) is 18.0. The van der Waals surface area contributed by atoms with E-state index in [4.69, 9.17) is 11.6 Å². The molecule has 0 bridgehead atoms. The maximum Gasteiger partial charge on any atom is 0.222 e. The lowest BCUT2D eigenvalue weighted by Crippen LogP contribution is -2.43. The van der Waals surface area contributed by atoms with E-state index >= 15 is 0 Å². The molecule has 1 aliphatic heterocycles. The molecule has 130 valence electrons. The number of nitrogens with one attached hydrogen (secondary N) is 2. The molecule has 25 heavy (non-hydrogen) atoms. The molecule has 3 N–H and O–H groups in total. The number of amides is 2. The minimum atomic E-state index is -0.934. The maximum absolute atomic E-state index is 11.4. The predicted molar refractivity (Wildman–Crippen MR) is 97.3 cm³/mol. The van der Waals surface area contributed by atoms with Gasteiger partial charge < -0.3 is 15.7 Å². The number of anilines is 1. The minimum absolute atomic E-state index is 0.124. The molecule has 0 aliphatic carbocycles. The Morgan fingerprint density at radius 1 is 1.24 bits per heavy atom. The normalized spacial score (nSPS) is 20.0. The number of halogens is 1. The third kappa shape index (κ3) is 3.83. The zero-order valence-corrected chi connectivity index (χ0v) is 14.5. The van der Waals surface area contributed by atoms with Crippen LogP contribution in [0.15, 0.2) is 42.5 Å². The van der Waals surface area contributed by atoms with E-state index in [0.717, 1.165) is 16.7 Å². The molecule has 0 aromatic heterocycles. The van der Waals surface area contributed by atoms with E-state index in [0.29, 0.717) is 23.6 Å². The van der Waals surface area contributed by atoms with Crippen molar-refractivity contribution in [3.05, 3.63) is 53.1 Å². The number of carbonyl (C=O) groups excluding carboxylic acids is 2. The van der Waals surface area contributed by atoms with Gasteiger partial charge in [0.25, 0.3) is 0 Å². The lowest BCUT2D eigenvalue weighted by atomic mass is 9.88. The largest absolute Gasteiger partial charge is 0.373 e. The van der Waals surface area contributed by atoms with Crippen molar-refractivity contribution < 1.29 is 14.7 Å². The Bertz CT molecular complexity index is 805. The second-order valence-corrected chi connectivity index (χ2v) is 6.50. The van der Waals surface area contributed by atoms with Crippen LogP contribution in [-0.2, 0) is 9.59 Å². The van der Waals surface area contributed by atoms with Crippen molar-refractivity contribution in [3.8, 4) is 11.1 Å². The van der Waals surface area contributed by atoms with Gasteiger partial charge in [0.1, 0.15) is 6.23 Å².